The molecular weight excluding hydrogens is 373 g/mol. The van der Waals surface area contributed by atoms with Crippen molar-refractivity contribution in [2.45, 2.75) is 6.92 Å². The van der Waals surface area contributed by atoms with Crippen LogP contribution in [0.4, 0.5) is 10.1 Å². The topological polar surface area (TPSA) is 54.0 Å². The normalized spacial score (nSPS) is 14.5. The van der Waals surface area contributed by atoms with Crippen molar-refractivity contribution in [2.75, 3.05) is 57.4 Å². The molecule has 0 bridgehead atoms. The number of nitrogens with zero attached hydrogens (tertiary/aromatic N) is 2. The van der Waals surface area contributed by atoms with E-state index in [0.717, 1.165) is 38.5 Å². The lowest BCUT2D eigenvalue weighted by Gasteiger charge is -2.36. The number of hydrogen-bond acceptors (Lipinski definition) is 5. The van der Waals surface area contributed by atoms with Gasteiger partial charge in [0.15, 0.2) is 6.61 Å². The first-order chi connectivity index (χ1) is 14.2. The minimum absolute atomic E-state index is 0.0188. The van der Waals surface area contributed by atoms with Crippen LogP contribution in [0.15, 0.2) is 48.5 Å². The van der Waals surface area contributed by atoms with Gasteiger partial charge in [-0.1, -0.05) is 12.1 Å². The summed E-state index contributed by atoms with van der Waals surface area (Å²) < 4.78 is 24.8. The van der Waals surface area contributed by atoms with Crippen LogP contribution in [0.5, 0.6) is 11.5 Å². The van der Waals surface area contributed by atoms with E-state index in [1.54, 1.807) is 18.2 Å². The molecule has 0 radical (unpaired) electrons. The van der Waals surface area contributed by atoms with Crippen molar-refractivity contribution in [3.8, 4) is 11.5 Å². The maximum Gasteiger partial charge on any atom is 0.257 e. The van der Waals surface area contributed by atoms with Crippen molar-refractivity contribution >= 4 is 11.6 Å². The van der Waals surface area contributed by atoms with Crippen molar-refractivity contribution < 1.29 is 18.7 Å². The van der Waals surface area contributed by atoms with Crippen LogP contribution < -0.4 is 19.7 Å². The third kappa shape index (κ3) is 6.35. The fraction of sp³-hybridized carbons (Fsp3) is 0.409. The lowest BCUT2D eigenvalue weighted by molar-refractivity contribution is -0.123. The zero-order valence-corrected chi connectivity index (χ0v) is 16.8. The molecule has 0 unspecified atom stereocenters. The highest BCUT2D eigenvalue weighted by Crippen LogP contribution is 2.20. The Labute approximate surface area is 171 Å². The van der Waals surface area contributed by atoms with Crippen molar-refractivity contribution in [3.63, 3.8) is 0 Å². The van der Waals surface area contributed by atoms with Gasteiger partial charge < -0.3 is 19.7 Å². The predicted molar refractivity (Wildman–Crippen MR) is 111 cm³/mol. The highest BCUT2D eigenvalue weighted by Gasteiger charge is 2.19. The molecule has 7 heteroatoms. The molecule has 0 atom stereocenters. The molecule has 2 aromatic carbocycles. The Bertz CT molecular complexity index is 777. The molecule has 156 valence electrons. The van der Waals surface area contributed by atoms with E-state index in [1.807, 2.05) is 31.2 Å². The second kappa shape index (κ2) is 10.7. The van der Waals surface area contributed by atoms with E-state index in [9.17, 15) is 9.18 Å². The number of amides is 1. The average Bonchev–Trinajstić information content (AvgIpc) is 2.74. The van der Waals surface area contributed by atoms with Crippen LogP contribution in [0.2, 0.25) is 0 Å². The molecule has 1 saturated heterocycles. The maximum atomic E-state index is 13.9. The van der Waals surface area contributed by atoms with Crippen LogP contribution in [-0.4, -0.2) is 63.3 Å². The van der Waals surface area contributed by atoms with Crippen LogP contribution in [0.25, 0.3) is 0 Å². The Kier molecular flexibility index (Phi) is 7.69. The molecule has 1 N–H and O–H groups in total. The van der Waals surface area contributed by atoms with Gasteiger partial charge in [0.25, 0.3) is 5.91 Å². The van der Waals surface area contributed by atoms with E-state index in [4.69, 9.17) is 9.47 Å². The van der Waals surface area contributed by atoms with Gasteiger partial charge in [-0.2, -0.15) is 0 Å². The number of rotatable bonds is 9. The fourth-order valence-electron chi connectivity index (χ4n) is 3.27. The number of carbonyl (C=O) groups is 1. The van der Waals surface area contributed by atoms with Crippen molar-refractivity contribution in [1.29, 1.82) is 0 Å². The quantitative estimate of drug-likeness (QED) is 0.700. The van der Waals surface area contributed by atoms with Crippen LogP contribution in [0.1, 0.15) is 6.92 Å². The van der Waals surface area contributed by atoms with Gasteiger partial charge in [0.1, 0.15) is 17.3 Å². The molecule has 1 aliphatic heterocycles. The number of ether oxygens (including phenoxy) is 2. The van der Waals surface area contributed by atoms with Gasteiger partial charge in [0.05, 0.1) is 12.3 Å². The highest BCUT2D eigenvalue weighted by atomic mass is 19.1. The number of nitrogens with one attached hydrogen (secondary N) is 1. The summed E-state index contributed by atoms with van der Waals surface area (Å²) in [6, 6.07) is 14.1. The summed E-state index contributed by atoms with van der Waals surface area (Å²) in [6.07, 6.45) is 0. The van der Waals surface area contributed by atoms with Crippen molar-refractivity contribution in [3.05, 3.63) is 54.3 Å². The van der Waals surface area contributed by atoms with Gasteiger partial charge in [0, 0.05) is 39.3 Å². The van der Waals surface area contributed by atoms with Crippen LogP contribution in [0.3, 0.4) is 0 Å². The third-order valence-corrected chi connectivity index (χ3v) is 4.82. The van der Waals surface area contributed by atoms with E-state index in [-0.39, 0.29) is 18.3 Å². The number of anilines is 1. The molecule has 0 spiro atoms. The molecule has 29 heavy (non-hydrogen) atoms. The summed E-state index contributed by atoms with van der Waals surface area (Å²) in [5.74, 6) is 1.08. The minimum Gasteiger partial charge on any atom is -0.494 e. The molecule has 2 aromatic rings. The molecule has 3 rings (SSSR count). The van der Waals surface area contributed by atoms with Crippen LogP contribution >= 0.6 is 0 Å². The molecule has 6 nitrogen and oxygen atoms in total. The molecule has 1 aliphatic rings. The van der Waals surface area contributed by atoms with Gasteiger partial charge in [-0.05, 0) is 43.3 Å². The minimum atomic E-state index is -0.180. The second-order valence-corrected chi connectivity index (χ2v) is 6.82. The van der Waals surface area contributed by atoms with Gasteiger partial charge in [0.2, 0.25) is 0 Å². The van der Waals surface area contributed by atoms with E-state index >= 15 is 0 Å². The van der Waals surface area contributed by atoms with Gasteiger partial charge in [-0.3, -0.25) is 9.69 Å². The second-order valence-electron chi connectivity index (χ2n) is 6.82. The van der Waals surface area contributed by atoms with E-state index in [2.05, 4.69) is 15.1 Å². The lowest BCUT2D eigenvalue weighted by Crippen LogP contribution is -2.49. The summed E-state index contributed by atoms with van der Waals surface area (Å²) in [5, 5.41) is 2.88. The summed E-state index contributed by atoms with van der Waals surface area (Å²) >= 11 is 0. The zero-order valence-electron chi connectivity index (χ0n) is 16.8. The fourth-order valence-corrected chi connectivity index (χ4v) is 3.27. The number of carbonyl (C=O) groups excluding carboxylic acids is 1. The average molecular weight is 401 g/mol. The first-order valence-corrected chi connectivity index (χ1v) is 10.00. The predicted octanol–water partition coefficient (Wildman–Crippen LogP) is 2.54. The molecule has 1 heterocycles. The Morgan fingerprint density at radius 2 is 1.66 bits per heavy atom. The number of piperazine rings is 1. The van der Waals surface area contributed by atoms with Gasteiger partial charge in [-0.15, -0.1) is 0 Å². The first kappa shape index (κ1) is 20.9. The van der Waals surface area contributed by atoms with Crippen LogP contribution in [-0.2, 0) is 4.79 Å². The number of benzene rings is 2. The smallest absolute Gasteiger partial charge is 0.257 e. The zero-order chi connectivity index (χ0) is 20.5. The van der Waals surface area contributed by atoms with E-state index in [1.165, 1.54) is 6.07 Å². The maximum absolute atomic E-state index is 13.9. The summed E-state index contributed by atoms with van der Waals surface area (Å²) in [5.41, 5.74) is 0.659. The molecule has 1 amide bonds. The first-order valence-electron chi connectivity index (χ1n) is 10.00. The number of hydrogen-bond donors (Lipinski definition) is 1. The lowest BCUT2D eigenvalue weighted by atomic mass is 10.2. The van der Waals surface area contributed by atoms with Crippen molar-refractivity contribution in [1.82, 2.24) is 10.2 Å². The largest absolute Gasteiger partial charge is 0.494 e. The van der Waals surface area contributed by atoms with E-state index < -0.39 is 0 Å². The highest BCUT2D eigenvalue weighted by molar-refractivity contribution is 5.77. The SMILES string of the molecule is CCOc1ccc(OCC(=O)NCCN2CCN(c3ccccc3F)CC2)cc1. The summed E-state index contributed by atoms with van der Waals surface area (Å²) in [7, 11) is 0. The molecule has 0 aliphatic carbocycles. The molecule has 0 aromatic heterocycles. The summed E-state index contributed by atoms with van der Waals surface area (Å²) in [4.78, 5) is 16.3. The number of para-hydroxylation sites is 1. The van der Waals surface area contributed by atoms with Crippen molar-refractivity contribution in [2.24, 2.45) is 0 Å². The Morgan fingerprint density at radius 1 is 1.00 bits per heavy atom. The molecule has 1 fully saturated rings. The van der Waals surface area contributed by atoms with Crippen LogP contribution in [0, 0.1) is 5.82 Å². The van der Waals surface area contributed by atoms with Gasteiger partial charge in [-0.25, -0.2) is 4.39 Å². The van der Waals surface area contributed by atoms with E-state index in [0.29, 0.717) is 24.6 Å². The number of halogens is 1. The Hall–Kier alpha value is -2.80. The molecular formula is C22H28FN3O3. The summed E-state index contributed by atoms with van der Waals surface area (Å²) in [6.45, 7) is 7.07. The van der Waals surface area contributed by atoms with Gasteiger partial charge >= 0.3 is 0 Å². The Morgan fingerprint density at radius 3 is 2.31 bits per heavy atom. The molecule has 0 saturated carbocycles. The monoisotopic (exact) mass is 401 g/mol. The standard InChI is InChI=1S/C22H28FN3O3/c1-2-28-18-7-9-19(10-8-18)29-17-22(27)24-11-12-25-13-15-26(16-14-25)21-6-4-3-5-20(21)23/h3-10H,2,11-17H2,1H3,(H,24,27). The Balaban J connectivity index is 1.31. The third-order valence-electron chi connectivity index (χ3n) is 4.82.